The highest BCUT2D eigenvalue weighted by Gasteiger charge is 2.22. The molecule has 6 nitrogen and oxygen atoms in total. The lowest BCUT2D eigenvalue weighted by atomic mass is 10.1. The predicted molar refractivity (Wildman–Crippen MR) is 115 cm³/mol. The van der Waals surface area contributed by atoms with Gasteiger partial charge in [0.2, 0.25) is 0 Å². The Kier molecular flexibility index (Phi) is 6.10. The molecule has 2 N–H and O–H groups in total. The molecule has 6 heteroatoms. The zero-order valence-corrected chi connectivity index (χ0v) is 16.7. The van der Waals surface area contributed by atoms with E-state index in [1.165, 1.54) is 11.1 Å². The average Bonchev–Trinajstić information content (AvgIpc) is 3.37. The van der Waals surface area contributed by atoms with E-state index in [-0.39, 0.29) is 6.10 Å². The molecule has 0 saturated carbocycles. The van der Waals surface area contributed by atoms with Crippen LogP contribution in [0.4, 0.5) is 0 Å². The van der Waals surface area contributed by atoms with Gasteiger partial charge in [0.05, 0.1) is 6.54 Å². The number of hydrogen-bond donors (Lipinski definition) is 2. The van der Waals surface area contributed by atoms with Crippen LogP contribution in [0.3, 0.4) is 0 Å². The minimum atomic E-state index is 0.135. The molecule has 2 heterocycles. The van der Waals surface area contributed by atoms with Gasteiger partial charge in [-0.15, -0.1) is 0 Å². The van der Waals surface area contributed by atoms with Crippen molar-refractivity contribution in [2.75, 3.05) is 20.1 Å². The largest absolute Gasteiger partial charge is 0.488 e. The van der Waals surface area contributed by atoms with Gasteiger partial charge in [-0.1, -0.05) is 48.5 Å². The average molecular weight is 390 g/mol. The summed E-state index contributed by atoms with van der Waals surface area (Å²) in [5, 5.41) is 6.74. The Morgan fingerprint density at radius 3 is 2.79 bits per heavy atom. The molecule has 2 aromatic carbocycles. The first-order chi connectivity index (χ1) is 14.3. The van der Waals surface area contributed by atoms with Crippen LogP contribution in [-0.4, -0.2) is 41.8 Å². The molecular formula is C23H27N5O. The van der Waals surface area contributed by atoms with E-state index < -0.39 is 0 Å². The van der Waals surface area contributed by atoms with Crippen molar-refractivity contribution in [3.8, 4) is 5.75 Å². The maximum atomic E-state index is 5.98. The van der Waals surface area contributed by atoms with Gasteiger partial charge in [0.25, 0.3) is 0 Å². The van der Waals surface area contributed by atoms with Crippen molar-refractivity contribution in [2.24, 2.45) is 4.99 Å². The van der Waals surface area contributed by atoms with Crippen LogP contribution >= 0.6 is 0 Å². The SMILES string of the molecule is CN=C(NCCc1nccn1Cc1ccccc1)NCC1Cc2ccccc2O1. The molecule has 1 atom stereocenters. The molecule has 3 aromatic rings. The van der Waals surface area contributed by atoms with Gasteiger partial charge in [0.15, 0.2) is 5.96 Å². The fraction of sp³-hybridized carbons (Fsp3) is 0.304. The van der Waals surface area contributed by atoms with Crippen molar-refractivity contribution in [1.82, 2.24) is 20.2 Å². The van der Waals surface area contributed by atoms with Crippen LogP contribution in [0, 0.1) is 0 Å². The van der Waals surface area contributed by atoms with E-state index in [1.54, 1.807) is 7.05 Å². The molecule has 1 unspecified atom stereocenters. The van der Waals surface area contributed by atoms with Crippen LogP contribution in [0.15, 0.2) is 72.0 Å². The van der Waals surface area contributed by atoms with Crippen molar-refractivity contribution in [1.29, 1.82) is 0 Å². The fourth-order valence-corrected chi connectivity index (χ4v) is 3.58. The van der Waals surface area contributed by atoms with Crippen molar-refractivity contribution < 1.29 is 4.74 Å². The minimum absolute atomic E-state index is 0.135. The second-order valence-corrected chi connectivity index (χ2v) is 7.14. The molecule has 0 radical (unpaired) electrons. The topological polar surface area (TPSA) is 63.5 Å². The van der Waals surface area contributed by atoms with E-state index in [9.17, 15) is 0 Å². The number of benzene rings is 2. The van der Waals surface area contributed by atoms with Gasteiger partial charge in [-0.2, -0.15) is 0 Å². The molecule has 0 aliphatic carbocycles. The van der Waals surface area contributed by atoms with E-state index in [0.717, 1.165) is 50.0 Å². The maximum Gasteiger partial charge on any atom is 0.191 e. The quantitative estimate of drug-likeness (QED) is 0.482. The zero-order valence-electron chi connectivity index (χ0n) is 16.7. The standard InChI is InChI=1S/C23H27N5O/c1-24-23(27-16-20-15-19-9-5-6-10-21(19)29-20)26-12-11-22-25-13-14-28(22)17-18-7-3-2-4-8-18/h2-10,13-14,20H,11-12,15-17H2,1H3,(H2,24,26,27). The molecule has 4 rings (SSSR count). The number of aromatic nitrogens is 2. The number of nitrogens with one attached hydrogen (secondary N) is 2. The molecule has 0 amide bonds. The Bertz CT molecular complexity index is 926. The van der Waals surface area contributed by atoms with Crippen LogP contribution < -0.4 is 15.4 Å². The van der Waals surface area contributed by atoms with Gasteiger partial charge < -0.3 is 19.9 Å². The number of para-hydroxylation sites is 1. The normalized spacial score (nSPS) is 15.6. The lowest BCUT2D eigenvalue weighted by Crippen LogP contribution is -2.43. The lowest BCUT2D eigenvalue weighted by molar-refractivity contribution is 0.235. The molecule has 29 heavy (non-hydrogen) atoms. The third-order valence-corrected chi connectivity index (χ3v) is 5.07. The van der Waals surface area contributed by atoms with E-state index in [4.69, 9.17) is 4.74 Å². The smallest absolute Gasteiger partial charge is 0.191 e. The summed E-state index contributed by atoms with van der Waals surface area (Å²) >= 11 is 0. The molecule has 1 aliphatic rings. The molecule has 0 bridgehead atoms. The lowest BCUT2D eigenvalue weighted by Gasteiger charge is -2.16. The first-order valence-electron chi connectivity index (χ1n) is 10.0. The molecular weight excluding hydrogens is 362 g/mol. The van der Waals surface area contributed by atoms with Crippen LogP contribution in [0.2, 0.25) is 0 Å². The van der Waals surface area contributed by atoms with E-state index >= 15 is 0 Å². The fourth-order valence-electron chi connectivity index (χ4n) is 3.58. The molecule has 0 saturated heterocycles. The number of ether oxygens (including phenoxy) is 1. The molecule has 0 fully saturated rings. The Hall–Kier alpha value is -3.28. The Balaban J connectivity index is 1.23. The molecule has 1 aromatic heterocycles. The van der Waals surface area contributed by atoms with Crippen LogP contribution in [0.25, 0.3) is 0 Å². The maximum absolute atomic E-state index is 5.98. The van der Waals surface area contributed by atoms with Crippen molar-refractivity contribution in [3.05, 3.63) is 83.9 Å². The second-order valence-electron chi connectivity index (χ2n) is 7.14. The highest BCUT2D eigenvalue weighted by molar-refractivity contribution is 5.79. The number of rotatable bonds is 7. The van der Waals surface area contributed by atoms with Crippen LogP contribution in [-0.2, 0) is 19.4 Å². The number of fused-ring (bicyclic) bond motifs is 1. The Morgan fingerprint density at radius 1 is 1.14 bits per heavy atom. The van der Waals surface area contributed by atoms with Gasteiger partial charge in [0.1, 0.15) is 17.7 Å². The first kappa shape index (κ1) is 19.1. The summed E-state index contributed by atoms with van der Waals surface area (Å²) in [5.41, 5.74) is 2.54. The van der Waals surface area contributed by atoms with Crippen LogP contribution in [0.1, 0.15) is 17.0 Å². The highest BCUT2D eigenvalue weighted by atomic mass is 16.5. The van der Waals surface area contributed by atoms with Gasteiger partial charge in [0, 0.05) is 45.4 Å². The summed E-state index contributed by atoms with van der Waals surface area (Å²) < 4.78 is 8.17. The van der Waals surface area contributed by atoms with Crippen molar-refractivity contribution in [2.45, 2.75) is 25.5 Å². The summed E-state index contributed by atoms with van der Waals surface area (Å²) in [6, 6.07) is 18.7. The summed E-state index contributed by atoms with van der Waals surface area (Å²) in [5.74, 6) is 2.84. The van der Waals surface area contributed by atoms with Crippen LogP contribution in [0.5, 0.6) is 5.75 Å². The number of imidazole rings is 1. The zero-order chi connectivity index (χ0) is 19.9. The number of hydrogen-bond acceptors (Lipinski definition) is 3. The molecule has 1 aliphatic heterocycles. The van der Waals surface area contributed by atoms with Crippen molar-refractivity contribution >= 4 is 5.96 Å². The summed E-state index contributed by atoms with van der Waals surface area (Å²) in [4.78, 5) is 8.83. The summed E-state index contributed by atoms with van der Waals surface area (Å²) in [6.45, 7) is 2.32. The Morgan fingerprint density at radius 2 is 1.97 bits per heavy atom. The molecule has 150 valence electrons. The monoisotopic (exact) mass is 389 g/mol. The van der Waals surface area contributed by atoms with Crippen molar-refractivity contribution in [3.63, 3.8) is 0 Å². The van der Waals surface area contributed by atoms with E-state index in [1.807, 2.05) is 30.6 Å². The number of nitrogens with zero attached hydrogens (tertiary/aromatic N) is 3. The highest BCUT2D eigenvalue weighted by Crippen LogP contribution is 2.27. The van der Waals surface area contributed by atoms with Gasteiger partial charge >= 0.3 is 0 Å². The minimum Gasteiger partial charge on any atom is -0.488 e. The van der Waals surface area contributed by atoms with E-state index in [0.29, 0.717) is 0 Å². The first-order valence-corrected chi connectivity index (χ1v) is 10.0. The van der Waals surface area contributed by atoms with Gasteiger partial charge in [-0.05, 0) is 17.2 Å². The number of guanidine groups is 1. The predicted octanol–water partition coefficient (Wildman–Crippen LogP) is 2.64. The summed E-state index contributed by atoms with van der Waals surface area (Å²) in [7, 11) is 1.79. The Labute approximate surface area is 171 Å². The second kappa shape index (κ2) is 9.28. The van der Waals surface area contributed by atoms with Gasteiger partial charge in [-0.25, -0.2) is 4.98 Å². The third-order valence-electron chi connectivity index (χ3n) is 5.07. The van der Waals surface area contributed by atoms with Gasteiger partial charge in [-0.3, -0.25) is 4.99 Å². The van der Waals surface area contributed by atoms with E-state index in [2.05, 4.69) is 61.6 Å². The molecule has 0 spiro atoms. The summed E-state index contributed by atoms with van der Waals surface area (Å²) in [6.07, 6.45) is 5.78. The third kappa shape index (κ3) is 4.96. The number of aliphatic imine (C=N–C) groups is 1.